The molecule has 3 heterocycles. The van der Waals surface area contributed by atoms with Crippen molar-refractivity contribution in [2.75, 3.05) is 26.7 Å². The third kappa shape index (κ3) is 8.61. The number of ether oxygens (including phenoxy) is 2. The van der Waals surface area contributed by atoms with Gasteiger partial charge in [-0.1, -0.05) is 64.4 Å². The van der Waals surface area contributed by atoms with Crippen molar-refractivity contribution >= 4 is 44.6 Å². The van der Waals surface area contributed by atoms with Crippen molar-refractivity contribution in [1.82, 2.24) is 24.8 Å². The molecule has 0 radical (unpaired) electrons. The minimum absolute atomic E-state index is 0.000759. The van der Waals surface area contributed by atoms with Crippen molar-refractivity contribution in [3.8, 4) is 22.8 Å². The first-order chi connectivity index (χ1) is 27.1. The second-order valence-corrected chi connectivity index (χ2v) is 19.2. The van der Waals surface area contributed by atoms with E-state index in [1.165, 1.54) is 4.90 Å². The normalized spacial score (nSPS) is 24.1. The van der Waals surface area contributed by atoms with Gasteiger partial charge in [0.05, 0.1) is 36.0 Å². The molecule has 2 aliphatic heterocycles. The SMILES string of the molecule is CC[C@@H]1C[C@]1(NC(=O)[C@@H]1C[C@@H](Oc2cc(-c3ccccc3)nc3cc(OC)ccc23)CN1C(=O)[C@@H](CC(=O)N1CCCCC1)C(C)(C)C)C(=O)NS(=O)(=O)C1CC1. The Labute approximate surface area is 335 Å². The molecule has 2 saturated carbocycles. The van der Waals surface area contributed by atoms with Gasteiger partial charge in [-0.2, -0.15) is 0 Å². The lowest BCUT2D eigenvalue weighted by Gasteiger charge is -2.36. The van der Waals surface area contributed by atoms with Gasteiger partial charge in [0.15, 0.2) is 0 Å². The average Bonchev–Trinajstić information content (AvgIpc) is 4.13. The lowest BCUT2D eigenvalue weighted by atomic mass is 9.77. The van der Waals surface area contributed by atoms with Crippen LogP contribution in [-0.4, -0.2) is 96.5 Å². The first-order valence-electron chi connectivity index (χ1n) is 20.3. The molecule has 57 heavy (non-hydrogen) atoms. The van der Waals surface area contributed by atoms with E-state index in [1.54, 1.807) is 7.11 Å². The standard InChI is InChI=1S/C43H55N5O8S/c1-6-28-25-43(28,41(52)46-57(53,54)31-16-17-31)45-39(50)36-22-30(26-48(36)40(51)33(42(2,3)4)23-38(49)47-19-11-8-12-20-47)56-37-24-34(27-13-9-7-10-14-27)44-35-21-29(55-5)15-18-32(35)37/h7,9-10,13-15,18,21,24,28,30-31,33,36H,6,8,11-12,16-17,19-20,22-23,25-26H2,1-5H3,(H,45,50)(H,46,52)/t28-,30-,33-,36+,43-/m1/s1. The lowest BCUT2D eigenvalue weighted by molar-refractivity contribution is -0.148. The number of nitrogens with zero attached hydrogens (tertiary/aromatic N) is 3. The number of pyridine rings is 1. The minimum atomic E-state index is -3.86. The van der Waals surface area contributed by atoms with E-state index >= 15 is 0 Å². The number of benzene rings is 2. The first-order valence-corrected chi connectivity index (χ1v) is 21.9. The molecule has 5 atom stereocenters. The van der Waals surface area contributed by atoms with E-state index in [4.69, 9.17) is 14.5 Å². The number of amides is 4. The van der Waals surface area contributed by atoms with Crippen molar-refractivity contribution in [3.63, 3.8) is 0 Å². The van der Waals surface area contributed by atoms with Crippen LogP contribution in [0.3, 0.4) is 0 Å². The maximum Gasteiger partial charge on any atom is 0.259 e. The number of nitrogens with one attached hydrogen (secondary N) is 2. The summed E-state index contributed by atoms with van der Waals surface area (Å²) in [6.45, 7) is 9.04. The number of piperidine rings is 1. The van der Waals surface area contributed by atoms with Gasteiger partial charge in [-0.05, 0) is 62.0 Å². The van der Waals surface area contributed by atoms with Crippen molar-refractivity contribution in [2.45, 2.75) is 108 Å². The van der Waals surface area contributed by atoms with E-state index in [2.05, 4.69) is 10.0 Å². The Kier molecular flexibility index (Phi) is 11.3. The number of fused-ring (bicyclic) bond motifs is 1. The number of likely N-dealkylation sites (tertiary alicyclic amines) is 2. The highest BCUT2D eigenvalue weighted by Gasteiger charge is 2.62. The van der Waals surface area contributed by atoms with Crippen LogP contribution in [0.4, 0.5) is 0 Å². The predicted molar refractivity (Wildman–Crippen MR) is 216 cm³/mol. The number of sulfonamides is 1. The fraction of sp³-hybridized carbons (Fsp3) is 0.558. The molecule has 13 nitrogen and oxygen atoms in total. The van der Waals surface area contributed by atoms with Crippen molar-refractivity contribution < 1.29 is 37.1 Å². The van der Waals surface area contributed by atoms with Gasteiger partial charge in [0, 0.05) is 49.0 Å². The molecule has 2 aromatic carbocycles. The summed E-state index contributed by atoms with van der Waals surface area (Å²) >= 11 is 0. The second-order valence-electron chi connectivity index (χ2n) is 17.2. The van der Waals surface area contributed by atoms with E-state index in [9.17, 15) is 27.6 Å². The maximum atomic E-state index is 14.9. The quantitative estimate of drug-likeness (QED) is 0.236. The molecule has 0 unspecified atom stereocenters. The number of carbonyl (C=O) groups is 4. The van der Waals surface area contributed by atoms with Crippen LogP contribution >= 0.6 is 0 Å². The number of carbonyl (C=O) groups excluding carboxylic acids is 4. The molecule has 306 valence electrons. The van der Waals surface area contributed by atoms with Crippen LogP contribution in [0.5, 0.6) is 11.5 Å². The smallest absolute Gasteiger partial charge is 0.259 e. The average molecular weight is 802 g/mol. The molecule has 0 spiro atoms. The molecule has 2 saturated heterocycles. The van der Waals surface area contributed by atoms with E-state index < -0.39 is 56.1 Å². The van der Waals surface area contributed by atoms with Gasteiger partial charge in [0.1, 0.15) is 29.2 Å². The largest absolute Gasteiger partial charge is 0.497 e. The number of methoxy groups -OCH3 is 1. The Bertz CT molecular complexity index is 2130. The van der Waals surface area contributed by atoms with Crippen molar-refractivity contribution in [1.29, 1.82) is 0 Å². The lowest BCUT2D eigenvalue weighted by Crippen LogP contribution is -2.57. The van der Waals surface area contributed by atoms with E-state index in [0.717, 1.165) is 30.2 Å². The summed E-state index contributed by atoms with van der Waals surface area (Å²) in [6, 6.07) is 16.0. The number of rotatable bonds is 13. The molecule has 4 aliphatic rings. The molecular weight excluding hydrogens is 747 g/mol. The Morgan fingerprint density at radius 1 is 1.00 bits per heavy atom. The van der Waals surface area contributed by atoms with Crippen LogP contribution in [-0.2, 0) is 29.2 Å². The molecule has 2 aliphatic carbocycles. The van der Waals surface area contributed by atoms with Gasteiger partial charge >= 0.3 is 0 Å². The molecule has 1 aromatic heterocycles. The fourth-order valence-electron chi connectivity index (χ4n) is 8.42. The van der Waals surface area contributed by atoms with Crippen LogP contribution in [0.15, 0.2) is 54.6 Å². The topological polar surface area (TPSA) is 164 Å². The summed E-state index contributed by atoms with van der Waals surface area (Å²) in [6.07, 6.45) is 4.16. The molecule has 2 N–H and O–H groups in total. The predicted octanol–water partition coefficient (Wildman–Crippen LogP) is 5.22. The van der Waals surface area contributed by atoms with Crippen molar-refractivity contribution in [3.05, 3.63) is 54.6 Å². The van der Waals surface area contributed by atoms with Gasteiger partial charge in [0.2, 0.25) is 27.7 Å². The third-order valence-corrected chi connectivity index (χ3v) is 14.0. The molecule has 4 fully saturated rings. The summed E-state index contributed by atoms with van der Waals surface area (Å²) in [5.41, 5.74) is 0.142. The summed E-state index contributed by atoms with van der Waals surface area (Å²) < 4.78 is 40.2. The Morgan fingerprint density at radius 3 is 2.35 bits per heavy atom. The van der Waals surface area contributed by atoms with Gasteiger partial charge < -0.3 is 24.6 Å². The highest BCUT2D eigenvalue weighted by Crippen LogP contribution is 2.47. The zero-order valence-electron chi connectivity index (χ0n) is 33.6. The highest BCUT2D eigenvalue weighted by molar-refractivity contribution is 7.91. The summed E-state index contributed by atoms with van der Waals surface area (Å²) in [7, 11) is -2.28. The van der Waals surface area contributed by atoms with Crippen LogP contribution in [0.1, 0.15) is 85.5 Å². The monoisotopic (exact) mass is 801 g/mol. The Hall–Kier alpha value is -4.72. The van der Waals surface area contributed by atoms with E-state index in [0.29, 0.717) is 55.1 Å². The highest BCUT2D eigenvalue weighted by atomic mass is 32.2. The molecule has 14 heteroatoms. The van der Waals surface area contributed by atoms with Crippen LogP contribution in [0.2, 0.25) is 0 Å². The van der Waals surface area contributed by atoms with Crippen LogP contribution < -0.4 is 19.5 Å². The maximum absolute atomic E-state index is 14.9. The van der Waals surface area contributed by atoms with Gasteiger partial charge in [-0.15, -0.1) is 0 Å². The fourth-order valence-corrected chi connectivity index (χ4v) is 9.78. The van der Waals surface area contributed by atoms with Crippen molar-refractivity contribution in [2.24, 2.45) is 17.3 Å². The minimum Gasteiger partial charge on any atom is -0.497 e. The van der Waals surface area contributed by atoms with E-state index in [-0.39, 0.29) is 43.5 Å². The zero-order chi connectivity index (χ0) is 40.7. The summed E-state index contributed by atoms with van der Waals surface area (Å²) in [4.78, 5) is 65.0. The number of hydrogen-bond donors (Lipinski definition) is 2. The molecule has 4 amide bonds. The third-order valence-electron chi connectivity index (χ3n) is 12.2. The Morgan fingerprint density at radius 2 is 1.72 bits per heavy atom. The molecule has 0 bridgehead atoms. The van der Waals surface area contributed by atoms with Gasteiger partial charge in [-0.25, -0.2) is 13.4 Å². The van der Waals surface area contributed by atoms with Gasteiger partial charge in [-0.3, -0.25) is 23.9 Å². The second kappa shape index (κ2) is 15.9. The number of hydrogen-bond acceptors (Lipinski definition) is 9. The van der Waals surface area contributed by atoms with Crippen LogP contribution in [0.25, 0.3) is 22.2 Å². The molecule has 7 rings (SSSR count). The van der Waals surface area contributed by atoms with Crippen LogP contribution in [0, 0.1) is 17.3 Å². The Balaban J connectivity index is 1.21. The first kappa shape index (κ1) is 40.5. The summed E-state index contributed by atoms with van der Waals surface area (Å²) in [5, 5.41) is 3.05. The van der Waals surface area contributed by atoms with Gasteiger partial charge in [0.25, 0.3) is 5.91 Å². The zero-order valence-corrected chi connectivity index (χ0v) is 34.4. The summed E-state index contributed by atoms with van der Waals surface area (Å²) in [5.74, 6) is -1.60. The molecular formula is C43H55N5O8S. The number of aromatic nitrogens is 1. The molecule has 3 aromatic rings. The van der Waals surface area contributed by atoms with E-state index in [1.807, 2.05) is 87.2 Å².